The Morgan fingerprint density at radius 3 is 1.58 bits per heavy atom. The van der Waals surface area contributed by atoms with Crippen molar-refractivity contribution in [2.75, 3.05) is 13.2 Å². The molecule has 9 nitrogen and oxygen atoms in total. The van der Waals surface area contributed by atoms with Crippen molar-refractivity contribution < 1.29 is 42.7 Å². The predicted octanol–water partition coefficient (Wildman–Crippen LogP) is 12.0. The SMILES string of the molecule is CCCCC/C=C\CC1OC1CCCCCCCC(=O)O[C@H](COC(=O)CCCCCCCCCCCCCCCCCCCC)COP(=O)(O)O. The van der Waals surface area contributed by atoms with Gasteiger partial charge in [-0.2, -0.15) is 0 Å². The van der Waals surface area contributed by atoms with Crippen molar-refractivity contribution >= 4 is 19.8 Å². The Bertz CT molecular complexity index is 921. The van der Waals surface area contributed by atoms with Gasteiger partial charge >= 0.3 is 19.8 Å². The van der Waals surface area contributed by atoms with Crippen LogP contribution in [0.5, 0.6) is 0 Å². The van der Waals surface area contributed by atoms with Crippen LogP contribution in [0.2, 0.25) is 0 Å². The molecule has 52 heavy (non-hydrogen) atoms. The molecule has 1 heterocycles. The van der Waals surface area contributed by atoms with Crippen LogP contribution in [-0.2, 0) is 32.9 Å². The Balaban J connectivity index is 2.03. The fourth-order valence-electron chi connectivity index (χ4n) is 6.62. The third-order valence-electron chi connectivity index (χ3n) is 9.96. The van der Waals surface area contributed by atoms with Gasteiger partial charge in [0.25, 0.3) is 0 Å². The normalized spacial score (nSPS) is 16.4. The second kappa shape index (κ2) is 34.3. The number of hydrogen-bond donors (Lipinski definition) is 2. The standard InChI is InChI=1S/C42H79O9P/c1-3-5-7-9-11-12-13-14-15-16-17-18-19-20-21-22-26-30-34-41(43)48-36-38(37-49-52(45,46)47)50-42(44)35-31-27-23-25-29-33-40-39(51-40)32-28-24-10-8-6-4-2/h24,28,38-40H,3-23,25-27,29-37H2,1-2H3,(H2,45,46,47)/b28-24-/t38-,39?,40?/m1/s1. The van der Waals surface area contributed by atoms with Gasteiger partial charge in [-0.3, -0.25) is 14.1 Å². The molecule has 1 aliphatic rings. The van der Waals surface area contributed by atoms with Crippen LogP contribution in [0.4, 0.5) is 0 Å². The van der Waals surface area contributed by atoms with E-state index in [0.29, 0.717) is 18.6 Å². The Morgan fingerprint density at radius 2 is 1.06 bits per heavy atom. The lowest BCUT2D eigenvalue weighted by Crippen LogP contribution is -2.29. The van der Waals surface area contributed by atoms with E-state index in [0.717, 1.165) is 64.2 Å². The summed E-state index contributed by atoms with van der Waals surface area (Å²) >= 11 is 0. The monoisotopic (exact) mass is 759 g/mol. The highest BCUT2D eigenvalue weighted by Gasteiger charge is 2.36. The lowest BCUT2D eigenvalue weighted by Gasteiger charge is -2.18. The van der Waals surface area contributed by atoms with Gasteiger partial charge in [0.05, 0.1) is 18.8 Å². The van der Waals surface area contributed by atoms with Crippen molar-refractivity contribution in [3.63, 3.8) is 0 Å². The molecule has 0 aromatic carbocycles. The van der Waals surface area contributed by atoms with Crippen LogP contribution in [0, 0.1) is 0 Å². The van der Waals surface area contributed by atoms with E-state index >= 15 is 0 Å². The molecular formula is C42H79O9P. The number of allylic oxidation sites excluding steroid dienone is 1. The van der Waals surface area contributed by atoms with Crippen molar-refractivity contribution in [1.29, 1.82) is 0 Å². The zero-order chi connectivity index (χ0) is 38.0. The number of esters is 2. The number of carbonyl (C=O) groups is 2. The lowest BCUT2D eigenvalue weighted by molar-refractivity contribution is -0.161. The predicted molar refractivity (Wildman–Crippen MR) is 211 cm³/mol. The van der Waals surface area contributed by atoms with Gasteiger partial charge in [0.1, 0.15) is 6.61 Å². The van der Waals surface area contributed by atoms with Gasteiger partial charge in [-0.25, -0.2) is 4.57 Å². The van der Waals surface area contributed by atoms with E-state index in [2.05, 4.69) is 30.5 Å². The Kier molecular flexibility index (Phi) is 32.1. The minimum absolute atomic E-state index is 0.193. The van der Waals surface area contributed by atoms with E-state index in [1.165, 1.54) is 116 Å². The summed E-state index contributed by atoms with van der Waals surface area (Å²) in [6.07, 6.45) is 39.5. The van der Waals surface area contributed by atoms with Gasteiger partial charge < -0.3 is 24.0 Å². The first-order valence-electron chi connectivity index (χ1n) is 21.6. The Morgan fingerprint density at radius 1 is 0.596 bits per heavy atom. The van der Waals surface area contributed by atoms with Crippen LogP contribution in [0.1, 0.15) is 213 Å². The van der Waals surface area contributed by atoms with Crippen molar-refractivity contribution in [3.8, 4) is 0 Å². The fraction of sp³-hybridized carbons (Fsp3) is 0.905. The third kappa shape index (κ3) is 33.3. The highest BCUT2D eigenvalue weighted by atomic mass is 31.2. The molecule has 0 saturated carbocycles. The molecule has 0 radical (unpaired) electrons. The molecule has 2 N–H and O–H groups in total. The first-order valence-corrected chi connectivity index (χ1v) is 23.1. The molecule has 306 valence electrons. The largest absolute Gasteiger partial charge is 0.469 e. The summed E-state index contributed by atoms with van der Waals surface area (Å²) in [5.74, 6) is -0.897. The summed E-state index contributed by atoms with van der Waals surface area (Å²) in [6, 6.07) is 0. The van der Waals surface area contributed by atoms with E-state index in [9.17, 15) is 14.2 Å². The number of rotatable bonds is 39. The van der Waals surface area contributed by atoms with Crippen LogP contribution in [0.15, 0.2) is 12.2 Å². The maximum atomic E-state index is 12.4. The van der Waals surface area contributed by atoms with Crippen LogP contribution < -0.4 is 0 Å². The molecule has 0 aliphatic carbocycles. The van der Waals surface area contributed by atoms with E-state index in [4.69, 9.17) is 24.0 Å². The number of phosphoric acid groups is 1. The maximum absolute atomic E-state index is 12.4. The van der Waals surface area contributed by atoms with Crippen molar-refractivity contribution in [2.24, 2.45) is 0 Å². The van der Waals surface area contributed by atoms with Crippen molar-refractivity contribution in [3.05, 3.63) is 12.2 Å². The second-order valence-corrected chi connectivity index (χ2v) is 16.3. The average Bonchev–Trinajstić information content (AvgIpc) is 3.87. The number of hydrogen-bond acceptors (Lipinski definition) is 7. The molecule has 1 saturated heterocycles. The lowest BCUT2D eigenvalue weighted by atomic mass is 10.0. The number of epoxide rings is 1. The van der Waals surface area contributed by atoms with Gasteiger partial charge in [-0.15, -0.1) is 0 Å². The minimum atomic E-state index is -4.76. The number of unbranched alkanes of at least 4 members (excludes halogenated alkanes) is 24. The van der Waals surface area contributed by atoms with Crippen LogP contribution in [0.25, 0.3) is 0 Å². The second-order valence-electron chi connectivity index (χ2n) is 15.1. The summed E-state index contributed by atoms with van der Waals surface area (Å²) in [7, 11) is -4.76. The topological polar surface area (TPSA) is 132 Å². The molecule has 0 aromatic heterocycles. The average molecular weight is 759 g/mol. The maximum Gasteiger partial charge on any atom is 0.469 e. The molecular weight excluding hydrogens is 679 g/mol. The fourth-order valence-corrected chi connectivity index (χ4v) is 6.98. The van der Waals surface area contributed by atoms with E-state index in [-0.39, 0.29) is 19.4 Å². The van der Waals surface area contributed by atoms with Crippen LogP contribution in [0.3, 0.4) is 0 Å². The first kappa shape index (κ1) is 48.8. The van der Waals surface area contributed by atoms with Gasteiger partial charge in [-0.1, -0.05) is 174 Å². The quantitative estimate of drug-likeness (QED) is 0.0207. The highest BCUT2D eigenvalue weighted by molar-refractivity contribution is 7.46. The van der Waals surface area contributed by atoms with Crippen LogP contribution >= 0.6 is 7.82 Å². The highest BCUT2D eigenvalue weighted by Crippen LogP contribution is 2.36. The first-order chi connectivity index (χ1) is 25.2. The molecule has 2 unspecified atom stereocenters. The van der Waals surface area contributed by atoms with Gasteiger partial charge in [0.15, 0.2) is 6.10 Å². The number of phosphoric ester groups is 1. The van der Waals surface area contributed by atoms with E-state index < -0.39 is 32.5 Å². The zero-order valence-corrected chi connectivity index (χ0v) is 34.3. The number of ether oxygens (including phenoxy) is 3. The van der Waals surface area contributed by atoms with Crippen molar-refractivity contribution in [2.45, 2.75) is 231 Å². The molecule has 3 atom stereocenters. The smallest absolute Gasteiger partial charge is 0.462 e. The molecule has 0 amide bonds. The summed E-state index contributed by atoms with van der Waals surface area (Å²) in [4.78, 5) is 42.9. The molecule has 0 bridgehead atoms. The molecule has 0 spiro atoms. The molecule has 1 rings (SSSR count). The molecule has 10 heteroatoms. The Hall–Kier alpha value is -1.25. The zero-order valence-electron chi connectivity index (χ0n) is 33.4. The number of carbonyl (C=O) groups excluding carboxylic acids is 2. The molecule has 0 aromatic rings. The van der Waals surface area contributed by atoms with Gasteiger partial charge in [-0.05, 0) is 38.5 Å². The summed E-state index contributed by atoms with van der Waals surface area (Å²) in [5, 5.41) is 0. The van der Waals surface area contributed by atoms with E-state index in [1.54, 1.807) is 0 Å². The minimum Gasteiger partial charge on any atom is -0.462 e. The summed E-state index contributed by atoms with van der Waals surface area (Å²) in [5.41, 5.74) is 0. The van der Waals surface area contributed by atoms with Crippen LogP contribution in [-0.4, -0.2) is 53.3 Å². The summed E-state index contributed by atoms with van der Waals surface area (Å²) in [6.45, 7) is 3.66. The van der Waals surface area contributed by atoms with Gasteiger partial charge in [0, 0.05) is 12.8 Å². The van der Waals surface area contributed by atoms with Gasteiger partial charge in [0.2, 0.25) is 0 Å². The third-order valence-corrected chi connectivity index (χ3v) is 10.4. The summed E-state index contributed by atoms with van der Waals surface area (Å²) < 4.78 is 32.2. The molecule has 1 fully saturated rings. The molecule has 1 aliphatic heterocycles. The van der Waals surface area contributed by atoms with E-state index in [1.807, 2.05) is 0 Å². The Labute approximate surface area is 318 Å². The van der Waals surface area contributed by atoms with Crippen molar-refractivity contribution in [1.82, 2.24) is 0 Å².